The highest BCUT2D eigenvalue weighted by Crippen LogP contribution is 2.29. The van der Waals surface area contributed by atoms with Crippen molar-refractivity contribution in [3.05, 3.63) is 24.0 Å². The van der Waals surface area contributed by atoms with Crippen LogP contribution in [0.3, 0.4) is 0 Å². The molecule has 1 N–H and O–H groups in total. The van der Waals surface area contributed by atoms with Crippen molar-refractivity contribution in [2.45, 2.75) is 32.7 Å². The summed E-state index contributed by atoms with van der Waals surface area (Å²) < 4.78 is 13.9. The summed E-state index contributed by atoms with van der Waals surface area (Å²) in [4.78, 5) is 4.43. The molecule has 86 valence electrons. The first kappa shape index (κ1) is 11.3. The Morgan fingerprint density at radius 2 is 2.19 bits per heavy atom. The highest BCUT2D eigenvalue weighted by atomic mass is 32.1. The Hall–Kier alpha value is -1.16. The predicted molar refractivity (Wildman–Crippen MR) is 67.6 cm³/mol. The van der Waals surface area contributed by atoms with E-state index in [2.05, 4.69) is 31.1 Å². The topological polar surface area (TPSA) is 24.9 Å². The first-order valence-electron chi connectivity index (χ1n) is 5.34. The molecular formula is C12H15FN2S. The number of thiazole rings is 1. The van der Waals surface area contributed by atoms with Crippen molar-refractivity contribution in [1.82, 2.24) is 4.98 Å². The molecule has 0 amide bonds. The number of hydrogen-bond acceptors (Lipinski definition) is 3. The molecule has 0 radical (unpaired) electrons. The van der Waals surface area contributed by atoms with Crippen LogP contribution in [-0.2, 0) is 0 Å². The van der Waals surface area contributed by atoms with Gasteiger partial charge < -0.3 is 5.32 Å². The molecule has 0 aliphatic carbocycles. The van der Waals surface area contributed by atoms with Gasteiger partial charge >= 0.3 is 0 Å². The van der Waals surface area contributed by atoms with Gasteiger partial charge in [-0.25, -0.2) is 9.37 Å². The van der Waals surface area contributed by atoms with E-state index in [1.54, 1.807) is 6.07 Å². The first-order valence-corrected chi connectivity index (χ1v) is 6.16. The number of aromatic nitrogens is 1. The molecule has 0 fully saturated rings. The lowest BCUT2D eigenvalue weighted by Gasteiger charge is -2.23. The van der Waals surface area contributed by atoms with Gasteiger partial charge in [-0.2, -0.15) is 0 Å². The number of rotatable bonds is 3. The van der Waals surface area contributed by atoms with Gasteiger partial charge in [-0.3, -0.25) is 0 Å². The maximum absolute atomic E-state index is 13.0. The Balaban J connectivity index is 2.33. The minimum absolute atomic E-state index is 0.0203. The molecule has 2 aromatic rings. The number of halogens is 1. The largest absolute Gasteiger partial charge is 0.357 e. The molecule has 0 aliphatic heterocycles. The summed E-state index contributed by atoms with van der Waals surface area (Å²) in [5, 5.41) is 4.22. The molecule has 4 heteroatoms. The molecule has 1 aromatic heterocycles. The van der Waals surface area contributed by atoms with E-state index in [-0.39, 0.29) is 11.4 Å². The fourth-order valence-electron chi connectivity index (χ4n) is 1.33. The lowest BCUT2D eigenvalue weighted by molar-refractivity contribution is 0.547. The van der Waals surface area contributed by atoms with Gasteiger partial charge in [0.25, 0.3) is 0 Å². The summed E-state index contributed by atoms with van der Waals surface area (Å²) in [5.41, 5.74) is 0.868. The summed E-state index contributed by atoms with van der Waals surface area (Å²) in [6.45, 7) is 6.37. The highest BCUT2D eigenvalue weighted by Gasteiger charge is 2.16. The van der Waals surface area contributed by atoms with E-state index in [0.717, 1.165) is 21.8 Å². The van der Waals surface area contributed by atoms with Crippen LogP contribution in [-0.4, -0.2) is 10.5 Å². The van der Waals surface area contributed by atoms with Gasteiger partial charge in [0.2, 0.25) is 0 Å². The fourth-order valence-corrected chi connectivity index (χ4v) is 2.40. The second-order valence-electron chi connectivity index (χ2n) is 4.49. The van der Waals surface area contributed by atoms with E-state index < -0.39 is 0 Å². The third kappa shape index (κ3) is 2.32. The number of nitrogens with zero attached hydrogens (tertiary/aromatic N) is 1. The summed E-state index contributed by atoms with van der Waals surface area (Å²) in [7, 11) is 0. The maximum atomic E-state index is 13.0. The lowest BCUT2D eigenvalue weighted by Crippen LogP contribution is -2.29. The Morgan fingerprint density at radius 1 is 1.44 bits per heavy atom. The van der Waals surface area contributed by atoms with Crippen LogP contribution in [0.5, 0.6) is 0 Å². The molecule has 1 aromatic carbocycles. The van der Waals surface area contributed by atoms with Gasteiger partial charge in [-0.05, 0) is 38.5 Å². The molecule has 0 atom stereocenters. The van der Waals surface area contributed by atoms with Gasteiger partial charge in [0.05, 0.1) is 10.2 Å². The van der Waals surface area contributed by atoms with Crippen molar-refractivity contribution in [2.24, 2.45) is 0 Å². The minimum atomic E-state index is -0.211. The van der Waals surface area contributed by atoms with E-state index >= 15 is 0 Å². The zero-order chi connectivity index (χ0) is 11.8. The van der Waals surface area contributed by atoms with Crippen LogP contribution in [0, 0.1) is 5.82 Å². The van der Waals surface area contributed by atoms with Crippen molar-refractivity contribution in [3.8, 4) is 0 Å². The molecular weight excluding hydrogens is 223 g/mol. The highest BCUT2D eigenvalue weighted by molar-refractivity contribution is 7.22. The number of benzene rings is 1. The normalized spacial score (nSPS) is 12.0. The standard InChI is InChI=1S/C12H15FN2S/c1-4-12(2,3)15-11-14-9-6-5-8(13)7-10(9)16-11/h5-7H,4H2,1-3H3,(H,14,15). The molecule has 0 saturated heterocycles. The Morgan fingerprint density at radius 3 is 2.88 bits per heavy atom. The summed E-state index contributed by atoms with van der Waals surface area (Å²) in [6, 6.07) is 4.68. The van der Waals surface area contributed by atoms with Crippen molar-refractivity contribution < 1.29 is 4.39 Å². The molecule has 0 saturated carbocycles. The van der Waals surface area contributed by atoms with E-state index in [1.807, 2.05) is 0 Å². The van der Waals surface area contributed by atoms with Crippen LogP contribution in [0.1, 0.15) is 27.2 Å². The van der Waals surface area contributed by atoms with Crippen LogP contribution < -0.4 is 5.32 Å². The van der Waals surface area contributed by atoms with E-state index in [9.17, 15) is 4.39 Å². The third-order valence-electron chi connectivity index (χ3n) is 2.68. The SMILES string of the molecule is CCC(C)(C)Nc1nc2ccc(F)cc2s1. The zero-order valence-corrected chi connectivity index (χ0v) is 10.5. The van der Waals surface area contributed by atoms with Crippen LogP contribution in [0.15, 0.2) is 18.2 Å². The predicted octanol–water partition coefficient (Wildman–Crippen LogP) is 4.04. The maximum Gasteiger partial charge on any atom is 0.184 e. The molecule has 0 spiro atoms. The molecule has 2 rings (SSSR count). The molecule has 0 unspecified atom stereocenters. The van der Waals surface area contributed by atoms with Crippen LogP contribution in [0.25, 0.3) is 10.2 Å². The monoisotopic (exact) mass is 238 g/mol. The first-order chi connectivity index (χ1) is 7.50. The van der Waals surface area contributed by atoms with Crippen LogP contribution in [0.4, 0.5) is 9.52 Å². The number of fused-ring (bicyclic) bond motifs is 1. The van der Waals surface area contributed by atoms with Crippen LogP contribution >= 0.6 is 11.3 Å². The van der Waals surface area contributed by atoms with Crippen molar-refractivity contribution in [1.29, 1.82) is 0 Å². The average Bonchev–Trinajstić information content (AvgIpc) is 2.58. The molecule has 1 heterocycles. The Bertz CT molecular complexity index is 505. The number of anilines is 1. The van der Waals surface area contributed by atoms with E-state index in [4.69, 9.17) is 0 Å². The molecule has 2 nitrogen and oxygen atoms in total. The molecule has 16 heavy (non-hydrogen) atoms. The lowest BCUT2D eigenvalue weighted by atomic mass is 10.0. The minimum Gasteiger partial charge on any atom is -0.357 e. The summed E-state index contributed by atoms with van der Waals surface area (Å²) in [6.07, 6.45) is 1.01. The van der Waals surface area contributed by atoms with Gasteiger partial charge in [-0.1, -0.05) is 18.3 Å². The fraction of sp³-hybridized carbons (Fsp3) is 0.417. The smallest absolute Gasteiger partial charge is 0.184 e. The molecule has 0 bridgehead atoms. The average molecular weight is 238 g/mol. The van der Waals surface area contributed by atoms with Gasteiger partial charge in [0.1, 0.15) is 5.82 Å². The van der Waals surface area contributed by atoms with Gasteiger partial charge in [0, 0.05) is 5.54 Å². The van der Waals surface area contributed by atoms with Crippen LogP contribution in [0.2, 0.25) is 0 Å². The van der Waals surface area contributed by atoms with Crippen molar-refractivity contribution in [3.63, 3.8) is 0 Å². The second-order valence-corrected chi connectivity index (χ2v) is 5.52. The quantitative estimate of drug-likeness (QED) is 0.873. The Labute approximate surface area is 98.5 Å². The summed E-state index contributed by atoms with van der Waals surface area (Å²) in [5.74, 6) is -0.211. The molecule has 0 aliphatic rings. The number of nitrogens with one attached hydrogen (secondary N) is 1. The van der Waals surface area contributed by atoms with Crippen molar-refractivity contribution in [2.75, 3.05) is 5.32 Å². The van der Waals surface area contributed by atoms with Crippen molar-refractivity contribution >= 4 is 26.7 Å². The van der Waals surface area contributed by atoms with E-state index in [0.29, 0.717) is 0 Å². The zero-order valence-electron chi connectivity index (χ0n) is 9.67. The van der Waals surface area contributed by atoms with E-state index in [1.165, 1.54) is 23.5 Å². The Kier molecular flexibility index (Phi) is 2.84. The summed E-state index contributed by atoms with van der Waals surface area (Å²) >= 11 is 1.49. The van der Waals surface area contributed by atoms with Gasteiger partial charge in [0.15, 0.2) is 5.13 Å². The number of hydrogen-bond donors (Lipinski definition) is 1. The second kappa shape index (κ2) is 4.01. The van der Waals surface area contributed by atoms with Gasteiger partial charge in [-0.15, -0.1) is 0 Å². The third-order valence-corrected chi connectivity index (χ3v) is 3.61.